The van der Waals surface area contributed by atoms with Crippen LogP contribution >= 0.6 is 0 Å². The summed E-state index contributed by atoms with van der Waals surface area (Å²) in [5, 5.41) is 3.40. The van der Waals surface area contributed by atoms with Gasteiger partial charge in [0.25, 0.3) is 0 Å². The highest BCUT2D eigenvalue weighted by Gasteiger charge is 2.14. The van der Waals surface area contributed by atoms with Gasteiger partial charge in [-0.2, -0.15) is 0 Å². The number of pyridine rings is 1. The first kappa shape index (κ1) is 17.1. The van der Waals surface area contributed by atoms with Gasteiger partial charge in [-0.1, -0.05) is 12.1 Å². The molecule has 2 aromatic rings. The molecule has 132 valence electrons. The van der Waals surface area contributed by atoms with Gasteiger partial charge in [0.1, 0.15) is 0 Å². The maximum absolute atomic E-state index is 5.44. The minimum atomic E-state index is 0.297. The first-order valence-corrected chi connectivity index (χ1v) is 8.37. The van der Waals surface area contributed by atoms with E-state index in [0.29, 0.717) is 6.79 Å². The molecule has 0 aliphatic carbocycles. The van der Waals surface area contributed by atoms with E-state index in [1.165, 1.54) is 5.56 Å². The molecule has 0 unspecified atom stereocenters. The Balaban J connectivity index is 1.52. The summed E-state index contributed by atoms with van der Waals surface area (Å²) in [5.41, 5.74) is 3.40. The van der Waals surface area contributed by atoms with E-state index in [2.05, 4.69) is 32.3 Å². The predicted octanol–water partition coefficient (Wildman–Crippen LogP) is 2.37. The topological polar surface area (TPSA) is 59.0 Å². The van der Waals surface area contributed by atoms with Crippen molar-refractivity contribution in [3.8, 4) is 11.5 Å². The number of nitrogens with one attached hydrogen (secondary N) is 1. The molecule has 0 atom stereocenters. The molecule has 0 spiro atoms. The molecule has 1 aliphatic heterocycles. The molecule has 2 heterocycles. The number of aliphatic imine (C=N–C) groups is 1. The van der Waals surface area contributed by atoms with Crippen LogP contribution in [0.4, 0.5) is 0 Å². The van der Waals surface area contributed by atoms with Crippen LogP contribution < -0.4 is 14.8 Å². The van der Waals surface area contributed by atoms with Crippen molar-refractivity contribution in [3.63, 3.8) is 0 Å². The van der Waals surface area contributed by atoms with E-state index < -0.39 is 0 Å². The third-order valence-electron chi connectivity index (χ3n) is 4.10. The largest absolute Gasteiger partial charge is 0.454 e. The van der Waals surface area contributed by atoms with E-state index in [9.17, 15) is 0 Å². The van der Waals surface area contributed by atoms with Crippen LogP contribution in [-0.2, 0) is 13.0 Å². The van der Waals surface area contributed by atoms with Crippen LogP contribution in [0.2, 0.25) is 0 Å². The summed E-state index contributed by atoms with van der Waals surface area (Å²) in [5.74, 6) is 2.47. The van der Waals surface area contributed by atoms with Gasteiger partial charge in [-0.3, -0.25) is 9.98 Å². The average Bonchev–Trinajstić information content (AvgIpc) is 3.08. The van der Waals surface area contributed by atoms with E-state index in [4.69, 9.17) is 9.47 Å². The van der Waals surface area contributed by atoms with E-state index in [0.717, 1.165) is 48.2 Å². The Kier molecular flexibility index (Phi) is 5.38. The van der Waals surface area contributed by atoms with Crippen LogP contribution in [0, 0.1) is 6.92 Å². The van der Waals surface area contributed by atoms with Crippen molar-refractivity contribution in [2.75, 3.05) is 27.4 Å². The van der Waals surface area contributed by atoms with Crippen LogP contribution in [0.5, 0.6) is 11.5 Å². The number of hydrogen-bond donors (Lipinski definition) is 1. The van der Waals surface area contributed by atoms with Crippen LogP contribution in [0.15, 0.2) is 41.5 Å². The Morgan fingerprint density at radius 1 is 1.20 bits per heavy atom. The Hall–Kier alpha value is -2.76. The van der Waals surface area contributed by atoms with Crippen molar-refractivity contribution in [2.45, 2.75) is 19.9 Å². The monoisotopic (exact) mass is 340 g/mol. The van der Waals surface area contributed by atoms with Gasteiger partial charge in [-0.25, -0.2) is 0 Å². The minimum absolute atomic E-state index is 0.297. The highest BCUT2D eigenvalue weighted by atomic mass is 16.7. The van der Waals surface area contributed by atoms with Crippen LogP contribution in [-0.4, -0.2) is 43.3 Å². The van der Waals surface area contributed by atoms with Gasteiger partial charge >= 0.3 is 0 Å². The molecule has 6 heteroatoms. The summed E-state index contributed by atoms with van der Waals surface area (Å²) in [4.78, 5) is 10.8. The van der Waals surface area contributed by atoms with E-state index >= 15 is 0 Å². The molecule has 1 aromatic carbocycles. The normalized spacial score (nSPS) is 13.0. The molecule has 1 aromatic heterocycles. The first-order chi connectivity index (χ1) is 12.2. The predicted molar refractivity (Wildman–Crippen MR) is 98.1 cm³/mol. The molecular weight excluding hydrogens is 316 g/mol. The van der Waals surface area contributed by atoms with Crippen LogP contribution in [0.1, 0.15) is 16.8 Å². The fourth-order valence-electron chi connectivity index (χ4n) is 2.74. The average molecular weight is 340 g/mol. The lowest BCUT2D eigenvalue weighted by atomic mass is 10.2. The Bertz CT molecular complexity index is 744. The molecule has 6 nitrogen and oxygen atoms in total. The molecular formula is C19H24N4O2. The van der Waals surface area contributed by atoms with E-state index in [1.807, 2.05) is 38.4 Å². The zero-order valence-electron chi connectivity index (χ0n) is 15.0. The lowest BCUT2D eigenvalue weighted by molar-refractivity contribution is 0.174. The second-order valence-electron chi connectivity index (χ2n) is 6.08. The Morgan fingerprint density at radius 2 is 2.00 bits per heavy atom. The minimum Gasteiger partial charge on any atom is -0.454 e. The number of hydrogen-bond acceptors (Lipinski definition) is 4. The van der Waals surface area contributed by atoms with Gasteiger partial charge in [0.05, 0.1) is 0 Å². The number of guanidine groups is 1. The third kappa shape index (κ3) is 4.41. The number of nitrogens with zero attached hydrogens (tertiary/aromatic N) is 3. The number of fused-ring (bicyclic) bond motifs is 1. The first-order valence-electron chi connectivity index (χ1n) is 8.37. The molecule has 1 N–H and O–H groups in total. The van der Waals surface area contributed by atoms with Gasteiger partial charge in [-0.15, -0.1) is 0 Å². The number of aryl methyl sites for hydroxylation is 1. The molecule has 0 radical (unpaired) electrons. The summed E-state index contributed by atoms with van der Waals surface area (Å²) in [7, 11) is 3.82. The molecule has 3 rings (SSSR count). The quantitative estimate of drug-likeness (QED) is 0.669. The maximum atomic E-state index is 5.44. The van der Waals surface area contributed by atoms with Crippen LogP contribution in [0.25, 0.3) is 0 Å². The highest BCUT2D eigenvalue weighted by molar-refractivity contribution is 5.79. The number of aromatic nitrogens is 1. The summed E-state index contributed by atoms with van der Waals surface area (Å²) in [6.45, 7) is 3.84. The Labute approximate surface area is 148 Å². The van der Waals surface area contributed by atoms with Gasteiger partial charge in [-0.05, 0) is 42.7 Å². The fourth-order valence-corrected chi connectivity index (χ4v) is 2.74. The van der Waals surface area contributed by atoms with Crippen molar-refractivity contribution in [2.24, 2.45) is 4.99 Å². The zero-order chi connectivity index (χ0) is 17.6. The van der Waals surface area contributed by atoms with Gasteiger partial charge in [0.2, 0.25) is 6.79 Å². The molecule has 25 heavy (non-hydrogen) atoms. The van der Waals surface area contributed by atoms with Crippen molar-refractivity contribution >= 4 is 5.96 Å². The number of ether oxygens (including phenoxy) is 2. The van der Waals surface area contributed by atoms with Crippen molar-refractivity contribution < 1.29 is 9.47 Å². The maximum Gasteiger partial charge on any atom is 0.231 e. The van der Waals surface area contributed by atoms with E-state index in [1.54, 1.807) is 7.05 Å². The Morgan fingerprint density at radius 3 is 2.76 bits per heavy atom. The molecule has 0 fully saturated rings. The van der Waals surface area contributed by atoms with Gasteiger partial charge in [0.15, 0.2) is 17.5 Å². The fraction of sp³-hybridized carbons (Fsp3) is 0.368. The molecule has 0 saturated carbocycles. The molecule has 0 amide bonds. The molecule has 0 bridgehead atoms. The highest BCUT2D eigenvalue weighted by Crippen LogP contribution is 2.32. The number of benzene rings is 1. The lowest BCUT2D eigenvalue weighted by Crippen LogP contribution is -2.39. The van der Waals surface area contributed by atoms with Crippen LogP contribution in [0.3, 0.4) is 0 Å². The summed E-state index contributed by atoms with van der Waals surface area (Å²) >= 11 is 0. The van der Waals surface area contributed by atoms with E-state index in [-0.39, 0.29) is 0 Å². The standard InChI is InChI=1S/C19H24N4O2/c1-14-4-5-15(11-22-14)8-9-21-19(20-2)23(3)12-16-6-7-17-18(10-16)25-13-24-17/h4-7,10-11H,8-9,12-13H2,1-3H3,(H,20,21). The van der Waals surface area contributed by atoms with Gasteiger partial charge < -0.3 is 19.7 Å². The summed E-state index contributed by atoms with van der Waals surface area (Å²) < 4.78 is 10.8. The molecule has 0 saturated heterocycles. The summed E-state index contributed by atoms with van der Waals surface area (Å²) in [6, 6.07) is 10.2. The second-order valence-corrected chi connectivity index (χ2v) is 6.08. The van der Waals surface area contributed by atoms with Gasteiger partial charge in [0, 0.05) is 39.1 Å². The summed E-state index contributed by atoms with van der Waals surface area (Å²) in [6.07, 6.45) is 2.83. The number of rotatable bonds is 5. The van der Waals surface area contributed by atoms with Crippen molar-refractivity contribution in [1.82, 2.24) is 15.2 Å². The SMILES string of the molecule is CN=C(NCCc1ccc(C)nc1)N(C)Cc1ccc2c(c1)OCO2. The second kappa shape index (κ2) is 7.88. The zero-order valence-corrected chi connectivity index (χ0v) is 15.0. The third-order valence-corrected chi connectivity index (χ3v) is 4.10. The lowest BCUT2D eigenvalue weighted by Gasteiger charge is -2.22. The van der Waals surface area contributed by atoms with Crippen molar-refractivity contribution in [3.05, 3.63) is 53.3 Å². The smallest absolute Gasteiger partial charge is 0.231 e. The van der Waals surface area contributed by atoms with Crippen molar-refractivity contribution in [1.29, 1.82) is 0 Å². The molecule has 1 aliphatic rings.